The first-order valence-electron chi connectivity index (χ1n) is 4.18. The van der Waals surface area contributed by atoms with Crippen LogP contribution in [0.25, 0.3) is 0 Å². The highest BCUT2D eigenvalue weighted by molar-refractivity contribution is 5.51. The maximum absolute atomic E-state index is 10.5. The maximum Gasteiger partial charge on any atom is 0.147 e. The fourth-order valence-electron chi connectivity index (χ4n) is 1.20. The molecule has 0 bridgehead atoms. The van der Waals surface area contributed by atoms with Crippen molar-refractivity contribution in [3.05, 3.63) is 18.4 Å². The number of carbonyl (C=O) groups excluding carboxylic acids is 1. The number of allylic oxidation sites excluding steroid dienone is 1. The van der Waals surface area contributed by atoms with Gasteiger partial charge in [-0.05, 0) is 19.3 Å². The summed E-state index contributed by atoms with van der Waals surface area (Å²) in [5.74, 6) is 1.93. The van der Waals surface area contributed by atoms with E-state index in [2.05, 4.69) is 12.0 Å². The summed E-state index contributed by atoms with van der Waals surface area (Å²) in [6.07, 6.45) is 4.62. The van der Waals surface area contributed by atoms with Gasteiger partial charge in [-0.3, -0.25) is 5.01 Å². The van der Waals surface area contributed by atoms with Crippen LogP contribution in [0.1, 0.15) is 19.3 Å². The van der Waals surface area contributed by atoms with E-state index in [-0.39, 0.29) is 0 Å². The van der Waals surface area contributed by atoms with E-state index in [0.29, 0.717) is 12.2 Å². The molecule has 0 aromatic heterocycles. The Kier molecular flexibility index (Phi) is 3.58. The molecule has 3 nitrogen and oxygen atoms in total. The van der Waals surface area contributed by atoms with E-state index < -0.39 is 0 Å². The fourth-order valence-corrected chi connectivity index (χ4v) is 1.20. The highest BCUT2D eigenvalue weighted by atomic mass is 16.1. The largest absolute Gasteiger partial charge is 0.280 e. The van der Waals surface area contributed by atoms with Crippen LogP contribution in [0.15, 0.2) is 18.4 Å². The first-order valence-corrected chi connectivity index (χ1v) is 4.18. The molecule has 0 aromatic carbocycles. The van der Waals surface area contributed by atoms with Crippen LogP contribution in [0.2, 0.25) is 0 Å². The Morgan fingerprint density at radius 3 is 3.17 bits per heavy atom. The van der Waals surface area contributed by atoms with Crippen LogP contribution < -0.4 is 5.43 Å². The van der Waals surface area contributed by atoms with Gasteiger partial charge in [0.15, 0.2) is 0 Å². The lowest BCUT2D eigenvalue weighted by molar-refractivity contribution is 0.271. The number of hydrogen-bond donors (Lipinski definition) is 0. The number of rotatable bonds is 2. The minimum atomic E-state index is 0.616. The van der Waals surface area contributed by atoms with Gasteiger partial charge in [0.1, 0.15) is 11.6 Å². The molecule has 3 heteroatoms. The van der Waals surface area contributed by atoms with Crippen LogP contribution in [0.4, 0.5) is 0 Å². The molecule has 1 rings (SSSR count). The Hall–Kier alpha value is -1.05. The van der Waals surface area contributed by atoms with Gasteiger partial charge in [0.05, 0.1) is 6.54 Å². The second kappa shape index (κ2) is 4.75. The molecule has 12 heavy (non-hydrogen) atoms. The summed E-state index contributed by atoms with van der Waals surface area (Å²) < 4.78 is 0. The zero-order chi connectivity index (χ0) is 8.81. The second-order valence-electron chi connectivity index (χ2n) is 2.74. The molecule has 0 aliphatic carbocycles. The molecule has 1 aliphatic heterocycles. The molecular formula is C9H13N2O. The lowest BCUT2D eigenvalue weighted by Crippen LogP contribution is -2.30. The molecular weight excluding hydrogens is 152 g/mol. The van der Waals surface area contributed by atoms with Gasteiger partial charge < -0.3 is 0 Å². The molecule has 0 saturated carbocycles. The van der Waals surface area contributed by atoms with E-state index in [1.165, 1.54) is 0 Å². The SMILES string of the molecule is C=CCN1[N]CCCCC1=C=O. The Morgan fingerprint density at radius 2 is 2.50 bits per heavy atom. The predicted molar refractivity (Wildman–Crippen MR) is 47.0 cm³/mol. The zero-order valence-corrected chi connectivity index (χ0v) is 7.12. The summed E-state index contributed by atoms with van der Waals surface area (Å²) in [7, 11) is 0. The first kappa shape index (κ1) is 9.04. The molecule has 1 heterocycles. The molecule has 0 amide bonds. The molecule has 0 aromatic rings. The molecule has 1 aliphatic rings. The third-order valence-electron chi connectivity index (χ3n) is 1.82. The smallest absolute Gasteiger partial charge is 0.147 e. The van der Waals surface area contributed by atoms with Crippen molar-refractivity contribution < 1.29 is 4.79 Å². The van der Waals surface area contributed by atoms with Crippen LogP contribution >= 0.6 is 0 Å². The number of hydrogen-bond acceptors (Lipinski definition) is 2. The Balaban J connectivity index is 2.63. The predicted octanol–water partition coefficient (Wildman–Crippen LogP) is 0.893. The zero-order valence-electron chi connectivity index (χ0n) is 7.12. The minimum Gasteiger partial charge on any atom is -0.280 e. The van der Waals surface area contributed by atoms with Gasteiger partial charge in [-0.15, -0.1) is 12.0 Å². The lowest BCUT2D eigenvalue weighted by atomic mass is 10.2. The van der Waals surface area contributed by atoms with Gasteiger partial charge >= 0.3 is 0 Å². The summed E-state index contributed by atoms with van der Waals surface area (Å²) >= 11 is 0. The molecule has 0 atom stereocenters. The van der Waals surface area contributed by atoms with Crippen molar-refractivity contribution >= 4 is 5.94 Å². The molecule has 1 saturated heterocycles. The van der Waals surface area contributed by atoms with Gasteiger partial charge in [-0.2, -0.15) is 0 Å². The average Bonchev–Trinajstić information content (AvgIpc) is 2.30. The highest BCUT2D eigenvalue weighted by Crippen LogP contribution is 2.12. The van der Waals surface area contributed by atoms with E-state index in [1.54, 1.807) is 11.1 Å². The van der Waals surface area contributed by atoms with E-state index >= 15 is 0 Å². The molecule has 0 unspecified atom stereocenters. The molecule has 65 valence electrons. The summed E-state index contributed by atoms with van der Waals surface area (Å²) in [5.41, 5.74) is 4.89. The Morgan fingerprint density at radius 1 is 1.67 bits per heavy atom. The molecule has 1 radical (unpaired) electrons. The third kappa shape index (κ3) is 2.22. The molecule has 0 N–H and O–H groups in total. The maximum atomic E-state index is 10.5. The molecule has 0 spiro atoms. The van der Waals surface area contributed by atoms with E-state index in [9.17, 15) is 4.79 Å². The summed E-state index contributed by atoms with van der Waals surface area (Å²) in [4.78, 5) is 10.5. The van der Waals surface area contributed by atoms with Crippen molar-refractivity contribution in [2.24, 2.45) is 0 Å². The van der Waals surface area contributed by atoms with Crippen LogP contribution in [0.3, 0.4) is 0 Å². The first-order chi connectivity index (χ1) is 5.88. The van der Waals surface area contributed by atoms with Crippen molar-refractivity contribution in [3.63, 3.8) is 0 Å². The fraction of sp³-hybridized carbons (Fsp3) is 0.556. The average molecular weight is 165 g/mol. The summed E-state index contributed by atoms with van der Waals surface area (Å²) in [5, 5.41) is 1.70. The van der Waals surface area contributed by atoms with E-state index in [0.717, 1.165) is 25.8 Å². The van der Waals surface area contributed by atoms with E-state index in [4.69, 9.17) is 0 Å². The monoisotopic (exact) mass is 165 g/mol. The normalized spacial score (nSPS) is 18.3. The van der Waals surface area contributed by atoms with Crippen molar-refractivity contribution in [2.45, 2.75) is 19.3 Å². The van der Waals surface area contributed by atoms with Gasteiger partial charge in [0.2, 0.25) is 0 Å². The Labute approximate surface area is 72.7 Å². The summed E-state index contributed by atoms with van der Waals surface area (Å²) in [6, 6.07) is 0. The third-order valence-corrected chi connectivity index (χ3v) is 1.82. The standard InChI is InChI=1S/C9H13N2O/c1-2-7-11-9(8-12)5-3-4-6-10-11/h2H,1,3-7H2. The van der Waals surface area contributed by atoms with Crippen LogP contribution in [-0.2, 0) is 4.79 Å². The van der Waals surface area contributed by atoms with Crippen LogP contribution in [-0.4, -0.2) is 24.0 Å². The van der Waals surface area contributed by atoms with E-state index in [1.807, 2.05) is 5.94 Å². The van der Waals surface area contributed by atoms with Gasteiger partial charge in [0.25, 0.3) is 0 Å². The van der Waals surface area contributed by atoms with Crippen LogP contribution in [0, 0.1) is 0 Å². The van der Waals surface area contributed by atoms with Crippen molar-refractivity contribution in [1.29, 1.82) is 0 Å². The topological polar surface area (TPSA) is 34.4 Å². The van der Waals surface area contributed by atoms with Gasteiger partial charge in [-0.25, -0.2) is 4.79 Å². The van der Waals surface area contributed by atoms with Crippen molar-refractivity contribution in [2.75, 3.05) is 13.1 Å². The number of nitrogens with zero attached hydrogens (tertiary/aromatic N) is 2. The van der Waals surface area contributed by atoms with Crippen LogP contribution in [0.5, 0.6) is 0 Å². The van der Waals surface area contributed by atoms with Gasteiger partial charge in [-0.1, -0.05) is 6.08 Å². The van der Waals surface area contributed by atoms with Gasteiger partial charge in [0, 0.05) is 6.54 Å². The minimum absolute atomic E-state index is 0.616. The van der Waals surface area contributed by atoms with Crippen molar-refractivity contribution in [1.82, 2.24) is 10.4 Å². The van der Waals surface area contributed by atoms with Crippen molar-refractivity contribution in [3.8, 4) is 0 Å². The highest BCUT2D eigenvalue weighted by Gasteiger charge is 2.13. The molecule has 1 fully saturated rings. The quantitative estimate of drug-likeness (QED) is 0.450. The Bertz CT molecular complexity index is 207. The lowest BCUT2D eigenvalue weighted by Gasteiger charge is -2.18. The second-order valence-corrected chi connectivity index (χ2v) is 2.74. The summed E-state index contributed by atoms with van der Waals surface area (Å²) in [6.45, 7) is 5.03.